The summed E-state index contributed by atoms with van der Waals surface area (Å²) in [6.45, 7) is 2.30. The molecule has 1 saturated heterocycles. The molecule has 0 radical (unpaired) electrons. The van der Waals surface area contributed by atoms with Gasteiger partial charge in [0.05, 0.1) is 25.0 Å². The Balaban J connectivity index is 1.72. The number of aromatic nitrogens is 1. The normalized spacial score (nSPS) is 15.0. The number of amides is 1. The SMILES string of the molecule is O=C(c1cc2occc2n1Cc1ccc(F)c(F)c1)N1CCOCC1. The molecule has 1 amide bonds. The second-order valence-corrected chi connectivity index (χ2v) is 5.94. The second kappa shape index (κ2) is 6.33. The molecule has 1 fully saturated rings. The van der Waals surface area contributed by atoms with Gasteiger partial charge in [0.25, 0.3) is 5.91 Å². The molecule has 25 heavy (non-hydrogen) atoms. The van der Waals surface area contributed by atoms with E-state index < -0.39 is 11.6 Å². The third kappa shape index (κ3) is 2.91. The summed E-state index contributed by atoms with van der Waals surface area (Å²) in [4.78, 5) is 14.6. The molecule has 7 heteroatoms. The molecule has 0 aliphatic carbocycles. The fourth-order valence-corrected chi connectivity index (χ4v) is 3.07. The predicted molar refractivity (Wildman–Crippen MR) is 86.4 cm³/mol. The maximum absolute atomic E-state index is 13.5. The largest absolute Gasteiger partial charge is 0.463 e. The van der Waals surface area contributed by atoms with Crippen LogP contribution in [-0.4, -0.2) is 41.7 Å². The van der Waals surface area contributed by atoms with Gasteiger partial charge in [-0.25, -0.2) is 8.78 Å². The molecule has 3 aromatic rings. The topological polar surface area (TPSA) is 47.6 Å². The number of benzene rings is 1. The molecule has 1 aliphatic rings. The zero-order chi connectivity index (χ0) is 17.4. The summed E-state index contributed by atoms with van der Waals surface area (Å²) in [5.41, 5.74) is 2.34. The molecule has 5 nitrogen and oxygen atoms in total. The van der Waals surface area contributed by atoms with Crippen LogP contribution in [-0.2, 0) is 11.3 Å². The fourth-order valence-electron chi connectivity index (χ4n) is 3.07. The van der Waals surface area contributed by atoms with Gasteiger partial charge < -0.3 is 18.6 Å². The smallest absolute Gasteiger partial charge is 0.270 e. The lowest BCUT2D eigenvalue weighted by Crippen LogP contribution is -2.41. The van der Waals surface area contributed by atoms with Gasteiger partial charge in [0.1, 0.15) is 5.69 Å². The van der Waals surface area contributed by atoms with E-state index in [9.17, 15) is 13.6 Å². The van der Waals surface area contributed by atoms with Crippen LogP contribution in [0.3, 0.4) is 0 Å². The van der Waals surface area contributed by atoms with Crippen LogP contribution >= 0.6 is 0 Å². The molecular weight excluding hydrogens is 330 g/mol. The molecule has 1 aliphatic heterocycles. The molecule has 1 aromatic carbocycles. The van der Waals surface area contributed by atoms with Crippen LogP contribution in [0.1, 0.15) is 16.1 Å². The van der Waals surface area contributed by atoms with E-state index in [4.69, 9.17) is 9.15 Å². The van der Waals surface area contributed by atoms with E-state index in [2.05, 4.69) is 0 Å². The summed E-state index contributed by atoms with van der Waals surface area (Å²) >= 11 is 0. The van der Waals surface area contributed by atoms with Gasteiger partial charge in [-0.1, -0.05) is 6.07 Å². The van der Waals surface area contributed by atoms with Crippen LogP contribution in [0.5, 0.6) is 0 Å². The average molecular weight is 346 g/mol. The van der Waals surface area contributed by atoms with E-state index in [1.165, 1.54) is 12.3 Å². The Morgan fingerprint density at radius 2 is 1.88 bits per heavy atom. The van der Waals surface area contributed by atoms with E-state index in [0.717, 1.165) is 17.6 Å². The molecule has 130 valence electrons. The monoisotopic (exact) mass is 346 g/mol. The predicted octanol–water partition coefficient (Wildman–Crippen LogP) is 3.03. The van der Waals surface area contributed by atoms with Crippen molar-refractivity contribution >= 4 is 17.0 Å². The number of carbonyl (C=O) groups excluding carboxylic acids is 1. The lowest BCUT2D eigenvalue weighted by atomic mass is 10.2. The number of hydrogen-bond acceptors (Lipinski definition) is 3. The Labute approximate surface area is 142 Å². The van der Waals surface area contributed by atoms with Crippen molar-refractivity contribution in [3.8, 4) is 0 Å². The first-order valence-electron chi connectivity index (χ1n) is 8.01. The van der Waals surface area contributed by atoms with Crippen molar-refractivity contribution in [1.82, 2.24) is 9.47 Å². The lowest BCUT2D eigenvalue weighted by molar-refractivity contribution is 0.0296. The molecule has 0 unspecified atom stereocenters. The van der Waals surface area contributed by atoms with E-state index in [-0.39, 0.29) is 12.5 Å². The highest BCUT2D eigenvalue weighted by molar-refractivity contribution is 5.97. The molecule has 2 aromatic heterocycles. The van der Waals surface area contributed by atoms with Crippen molar-refractivity contribution in [2.24, 2.45) is 0 Å². The minimum Gasteiger partial charge on any atom is -0.463 e. The van der Waals surface area contributed by atoms with Crippen molar-refractivity contribution in [1.29, 1.82) is 0 Å². The van der Waals surface area contributed by atoms with Crippen molar-refractivity contribution in [3.63, 3.8) is 0 Å². The summed E-state index contributed by atoms with van der Waals surface area (Å²) in [5.74, 6) is -1.93. The van der Waals surface area contributed by atoms with Crippen LogP contribution in [0.15, 0.2) is 41.0 Å². The summed E-state index contributed by atoms with van der Waals surface area (Å²) in [5, 5.41) is 0. The molecule has 3 heterocycles. The average Bonchev–Trinajstić information content (AvgIpc) is 3.21. The highest BCUT2D eigenvalue weighted by atomic mass is 19.2. The minimum atomic E-state index is -0.908. The standard InChI is InChI=1S/C18H16F2N2O3/c19-13-2-1-12(9-14(13)20)11-22-15-3-6-25-17(15)10-16(22)18(23)21-4-7-24-8-5-21/h1-3,6,9-10H,4-5,7-8,11H2. The van der Waals surface area contributed by atoms with Crippen LogP contribution in [0.4, 0.5) is 8.78 Å². The first-order valence-corrected chi connectivity index (χ1v) is 8.01. The number of carbonyl (C=O) groups is 1. The van der Waals surface area contributed by atoms with Crippen LogP contribution in [0, 0.1) is 11.6 Å². The summed E-state index contributed by atoms with van der Waals surface area (Å²) < 4.78 is 39.1. The van der Waals surface area contributed by atoms with Gasteiger partial charge in [-0.3, -0.25) is 4.79 Å². The van der Waals surface area contributed by atoms with Crippen LogP contribution < -0.4 is 0 Å². The highest BCUT2D eigenvalue weighted by Crippen LogP contribution is 2.24. The van der Waals surface area contributed by atoms with Crippen LogP contribution in [0.25, 0.3) is 11.1 Å². The number of furan rings is 1. The van der Waals surface area contributed by atoms with E-state index in [1.807, 2.05) is 0 Å². The van der Waals surface area contributed by atoms with Gasteiger partial charge in [-0.2, -0.15) is 0 Å². The molecule has 4 rings (SSSR count). The molecule has 0 bridgehead atoms. The maximum Gasteiger partial charge on any atom is 0.270 e. The molecule has 0 N–H and O–H groups in total. The first kappa shape index (κ1) is 15.8. The number of fused-ring (bicyclic) bond motifs is 1. The van der Waals surface area contributed by atoms with Gasteiger partial charge in [0, 0.05) is 31.8 Å². The Morgan fingerprint density at radius 1 is 1.08 bits per heavy atom. The third-order valence-corrected chi connectivity index (χ3v) is 4.36. The van der Waals surface area contributed by atoms with Crippen molar-refractivity contribution in [3.05, 3.63) is 59.5 Å². The summed E-state index contributed by atoms with van der Waals surface area (Å²) in [6, 6.07) is 7.18. The Kier molecular flexibility index (Phi) is 4.01. The maximum atomic E-state index is 13.5. The lowest BCUT2D eigenvalue weighted by Gasteiger charge is -2.27. The number of ether oxygens (including phenoxy) is 1. The fraction of sp³-hybridized carbons (Fsp3) is 0.278. The van der Waals surface area contributed by atoms with E-state index in [0.29, 0.717) is 43.1 Å². The molecule has 0 spiro atoms. The van der Waals surface area contributed by atoms with Gasteiger partial charge in [0.2, 0.25) is 0 Å². The number of halogens is 2. The van der Waals surface area contributed by atoms with Gasteiger partial charge in [-0.15, -0.1) is 0 Å². The Morgan fingerprint density at radius 3 is 2.64 bits per heavy atom. The second-order valence-electron chi connectivity index (χ2n) is 5.94. The van der Waals surface area contributed by atoms with Gasteiger partial charge >= 0.3 is 0 Å². The van der Waals surface area contributed by atoms with E-state index in [1.54, 1.807) is 21.6 Å². The zero-order valence-corrected chi connectivity index (χ0v) is 13.4. The van der Waals surface area contributed by atoms with E-state index >= 15 is 0 Å². The van der Waals surface area contributed by atoms with Crippen LogP contribution in [0.2, 0.25) is 0 Å². The van der Waals surface area contributed by atoms with Crippen molar-refractivity contribution < 1.29 is 22.7 Å². The molecule has 0 atom stereocenters. The number of morpholine rings is 1. The third-order valence-electron chi connectivity index (χ3n) is 4.36. The molecule has 0 saturated carbocycles. The number of rotatable bonds is 3. The quantitative estimate of drug-likeness (QED) is 0.732. The molecular formula is C18H16F2N2O3. The highest BCUT2D eigenvalue weighted by Gasteiger charge is 2.24. The van der Waals surface area contributed by atoms with Crippen molar-refractivity contribution in [2.45, 2.75) is 6.54 Å². The summed E-state index contributed by atoms with van der Waals surface area (Å²) in [6.07, 6.45) is 1.54. The first-order chi connectivity index (χ1) is 12.1. The number of hydrogen-bond donors (Lipinski definition) is 0. The van der Waals surface area contributed by atoms with Crippen molar-refractivity contribution in [2.75, 3.05) is 26.3 Å². The van der Waals surface area contributed by atoms with Gasteiger partial charge in [-0.05, 0) is 17.7 Å². The summed E-state index contributed by atoms with van der Waals surface area (Å²) in [7, 11) is 0. The Bertz CT molecular complexity index is 926. The van der Waals surface area contributed by atoms with Gasteiger partial charge in [0.15, 0.2) is 17.2 Å². The Hall–Kier alpha value is -2.67. The minimum absolute atomic E-state index is 0.128. The number of nitrogens with zero attached hydrogens (tertiary/aromatic N) is 2. The zero-order valence-electron chi connectivity index (χ0n) is 13.4.